The van der Waals surface area contributed by atoms with Crippen LogP contribution in [0.2, 0.25) is 0 Å². The van der Waals surface area contributed by atoms with Crippen molar-refractivity contribution in [3.05, 3.63) is 120 Å². The van der Waals surface area contributed by atoms with Gasteiger partial charge in [-0.2, -0.15) is 0 Å². The molecule has 4 nitrogen and oxygen atoms in total. The Morgan fingerprint density at radius 2 is 1.26 bits per heavy atom. The molecule has 0 aromatic heterocycles. The number of rotatable bonds is 12. The molecule has 0 amide bonds. The normalized spacial score (nSPS) is 20.8. The van der Waals surface area contributed by atoms with Crippen LogP contribution < -0.4 is 0 Å². The fraction of sp³-hybridized carbons (Fsp3) is 0.333. The summed E-state index contributed by atoms with van der Waals surface area (Å²) in [6, 6.07) is 31.1. The molecule has 0 aliphatic carbocycles. The predicted molar refractivity (Wildman–Crippen MR) is 136 cm³/mol. The van der Waals surface area contributed by atoms with Gasteiger partial charge >= 0.3 is 0 Å². The van der Waals surface area contributed by atoms with E-state index in [1.165, 1.54) is 11.1 Å². The highest BCUT2D eigenvalue weighted by Crippen LogP contribution is 2.26. The Morgan fingerprint density at radius 3 is 1.82 bits per heavy atom. The molecule has 0 spiro atoms. The van der Waals surface area contributed by atoms with E-state index in [0.717, 1.165) is 25.1 Å². The van der Waals surface area contributed by atoms with Crippen LogP contribution >= 0.6 is 0 Å². The van der Waals surface area contributed by atoms with Gasteiger partial charge in [0.25, 0.3) is 0 Å². The summed E-state index contributed by atoms with van der Waals surface area (Å²) < 4.78 is 19.3. The van der Waals surface area contributed by atoms with Crippen LogP contribution in [0.5, 0.6) is 0 Å². The van der Waals surface area contributed by atoms with Gasteiger partial charge in [0.2, 0.25) is 0 Å². The van der Waals surface area contributed by atoms with Crippen LogP contribution in [0.25, 0.3) is 0 Å². The van der Waals surface area contributed by atoms with Crippen molar-refractivity contribution in [2.45, 2.75) is 44.5 Å². The number of nitrogens with zero attached hydrogens (tertiary/aromatic N) is 1. The first-order valence-corrected chi connectivity index (χ1v) is 12.1. The summed E-state index contributed by atoms with van der Waals surface area (Å²) in [7, 11) is 0. The van der Waals surface area contributed by atoms with Crippen LogP contribution in [0.15, 0.2) is 104 Å². The maximum Gasteiger partial charge on any atom is 0.102 e. The molecule has 0 saturated carbocycles. The second kappa shape index (κ2) is 13.2. The Kier molecular flexibility index (Phi) is 9.47. The molecule has 3 atom stereocenters. The third-order valence-corrected chi connectivity index (χ3v) is 6.27. The molecule has 4 rings (SSSR count). The predicted octanol–water partition coefficient (Wildman–Crippen LogP) is 5.63. The van der Waals surface area contributed by atoms with Crippen LogP contribution in [-0.4, -0.2) is 42.8 Å². The highest BCUT2D eigenvalue weighted by atomic mass is 16.5. The minimum Gasteiger partial charge on any atom is -0.375 e. The minimum atomic E-state index is -0.103. The van der Waals surface area contributed by atoms with Crippen molar-refractivity contribution in [3.8, 4) is 0 Å². The van der Waals surface area contributed by atoms with Gasteiger partial charge < -0.3 is 14.2 Å². The van der Waals surface area contributed by atoms with Crippen LogP contribution in [0.4, 0.5) is 0 Å². The highest BCUT2D eigenvalue weighted by Gasteiger charge is 2.39. The number of hydrogen-bond donors (Lipinski definition) is 0. The fourth-order valence-corrected chi connectivity index (χ4v) is 4.48. The third kappa shape index (κ3) is 7.12. The number of piperidine rings is 1. The van der Waals surface area contributed by atoms with Gasteiger partial charge in [-0.25, -0.2) is 0 Å². The second-order valence-electron chi connectivity index (χ2n) is 8.74. The molecule has 1 aliphatic heterocycles. The Balaban J connectivity index is 1.47. The van der Waals surface area contributed by atoms with Crippen molar-refractivity contribution in [2.24, 2.45) is 0 Å². The van der Waals surface area contributed by atoms with Gasteiger partial charge in [-0.05, 0) is 23.1 Å². The van der Waals surface area contributed by atoms with E-state index in [2.05, 4.69) is 60.0 Å². The molecular formula is C30H35NO3. The van der Waals surface area contributed by atoms with E-state index >= 15 is 0 Å². The van der Waals surface area contributed by atoms with Gasteiger partial charge in [0, 0.05) is 13.1 Å². The van der Waals surface area contributed by atoms with E-state index < -0.39 is 0 Å². The van der Waals surface area contributed by atoms with Crippen LogP contribution in [0, 0.1) is 0 Å². The molecule has 0 bridgehead atoms. The lowest BCUT2D eigenvalue weighted by Gasteiger charge is -2.44. The summed E-state index contributed by atoms with van der Waals surface area (Å²) in [5, 5.41) is 0. The van der Waals surface area contributed by atoms with E-state index in [1.807, 2.05) is 48.5 Å². The Morgan fingerprint density at radius 1 is 0.735 bits per heavy atom. The lowest BCUT2D eigenvalue weighted by atomic mass is 9.95. The summed E-state index contributed by atoms with van der Waals surface area (Å²) in [5.74, 6) is 0. The molecule has 3 aromatic rings. The van der Waals surface area contributed by atoms with E-state index in [-0.39, 0.29) is 18.2 Å². The Hall–Kier alpha value is -2.76. The fourth-order valence-electron chi connectivity index (χ4n) is 4.48. The summed E-state index contributed by atoms with van der Waals surface area (Å²) >= 11 is 0. The van der Waals surface area contributed by atoms with Gasteiger partial charge in [-0.15, -0.1) is 6.58 Å². The molecule has 178 valence electrons. The number of hydrogen-bond acceptors (Lipinski definition) is 4. The zero-order valence-electron chi connectivity index (χ0n) is 19.8. The van der Waals surface area contributed by atoms with Crippen molar-refractivity contribution in [2.75, 3.05) is 19.7 Å². The smallest absolute Gasteiger partial charge is 0.102 e. The molecule has 1 fully saturated rings. The maximum absolute atomic E-state index is 6.58. The zero-order valence-corrected chi connectivity index (χ0v) is 19.8. The SMILES string of the molecule is C=CCN1CCC(OCc2ccccc2)C(OCc2ccccc2)C1COCc1ccccc1. The van der Waals surface area contributed by atoms with Crippen LogP contribution in [0.1, 0.15) is 23.1 Å². The quantitative estimate of drug-likeness (QED) is 0.330. The van der Waals surface area contributed by atoms with Crippen molar-refractivity contribution in [1.82, 2.24) is 4.90 Å². The Bertz CT molecular complexity index is 964. The number of ether oxygens (including phenoxy) is 3. The first kappa shape index (κ1) is 24.4. The molecule has 1 saturated heterocycles. The monoisotopic (exact) mass is 457 g/mol. The van der Waals surface area contributed by atoms with Gasteiger partial charge in [-0.1, -0.05) is 97.1 Å². The lowest BCUT2D eigenvalue weighted by Crippen LogP contribution is -2.58. The van der Waals surface area contributed by atoms with Gasteiger partial charge in [-0.3, -0.25) is 4.90 Å². The summed E-state index contributed by atoms with van der Waals surface area (Å²) in [6.07, 6.45) is 2.77. The van der Waals surface area contributed by atoms with Gasteiger partial charge in [0.05, 0.1) is 38.6 Å². The van der Waals surface area contributed by atoms with E-state index in [4.69, 9.17) is 14.2 Å². The standard InChI is InChI=1S/C30H35NO3/c1-2-19-31-20-18-29(33-22-26-14-8-4-9-15-26)30(34-23-27-16-10-5-11-17-27)28(31)24-32-21-25-12-6-3-7-13-25/h2-17,28-30H,1,18-24H2. The van der Waals surface area contributed by atoms with Gasteiger partial charge in [0.15, 0.2) is 0 Å². The first-order valence-electron chi connectivity index (χ1n) is 12.1. The molecule has 1 heterocycles. The van der Waals surface area contributed by atoms with Crippen LogP contribution in [-0.2, 0) is 34.0 Å². The maximum atomic E-state index is 6.58. The van der Waals surface area contributed by atoms with Gasteiger partial charge in [0.1, 0.15) is 6.10 Å². The van der Waals surface area contributed by atoms with Crippen molar-refractivity contribution < 1.29 is 14.2 Å². The number of benzene rings is 3. The average molecular weight is 458 g/mol. The molecule has 4 heteroatoms. The van der Waals surface area contributed by atoms with E-state index in [9.17, 15) is 0 Å². The average Bonchev–Trinajstić information content (AvgIpc) is 2.89. The molecule has 34 heavy (non-hydrogen) atoms. The van der Waals surface area contributed by atoms with Crippen molar-refractivity contribution in [1.29, 1.82) is 0 Å². The molecule has 1 aliphatic rings. The highest BCUT2D eigenvalue weighted by molar-refractivity contribution is 5.15. The topological polar surface area (TPSA) is 30.9 Å². The number of likely N-dealkylation sites (tertiary alicyclic amines) is 1. The third-order valence-electron chi connectivity index (χ3n) is 6.27. The summed E-state index contributed by atoms with van der Waals surface area (Å²) in [5.41, 5.74) is 3.51. The zero-order chi connectivity index (χ0) is 23.4. The van der Waals surface area contributed by atoms with Crippen LogP contribution in [0.3, 0.4) is 0 Å². The summed E-state index contributed by atoms with van der Waals surface area (Å²) in [4.78, 5) is 2.41. The largest absolute Gasteiger partial charge is 0.375 e. The van der Waals surface area contributed by atoms with E-state index in [1.54, 1.807) is 0 Å². The molecule has 3 aromatic carbocycles. The summed E-state index contributed by atoms with van der Waals surface area (Å²) in [6.45, 7) is 7.99. The molecule has 0 N–H and O–H groups in total. The second-order valence-corrected chi connectivity index (χ2v) is 8.74. The molecular weight excluding hydrogens is 422 g/mol. The minimum absolute atomic E-state index is 0.00434. The Labute approximate surface area is 203 Å². The lowest BCUT2D eigenvalue weighted by molar-refractivity contribution is -0.155. The molecule has 0 radical (unpaired) electrons. The van der Waals surface area contributed by atoms with Crippen molar-refractivity contribution >= 4 is 0 Å². The molecule has 3 unspecified atom stereocenters. The van der Waals surface area contributed by atoms with Crippen molar-refractivity contribution in [3.63, 3.8) is 0 Å². The first-order chi connectivity index (χ1) is 16.8. The van der Waals surface area contributed by atoms with E-state index in [0.29, 0.717) is 26.4 Å².